The van der Waals surface area contributed by atoms with Gasteiger partial charge < -0.3 is 4.74 Å². The highest BCUT2D eigenvalue weighted by Gasteiger charge is 2.34. The van der Waals surface area contributed by atoms with Crippen LogP contribution in [-0.4, -0.2) is 29.2 Å². The van der Waals surface area contributed by atoms with E-state index in [1.807, 2.05) is 63.2 Å². The lowest BCUT2D eigenvalue weighted by molar-refractivity contribution is -0.123. The van der Waals surface area contributed by atoms with E-state index in [-0.39, 0.29) is 24.3 Å². The molecule has 1 aliphatic rings. The Hall–Kier alpha value is -2.53. The number of rotatable bonds is 5. The van der Waals surface area contributed by atoms with Gasteiger partial charge in [-0.1, -0.05) is 36.4 Å². The molecule has 1 heterocycles. The fourth-order valence-corrected chi connectivity index (χ4v) is 3.55. The molecule has 4 nitrogen and oxygen atoms in total. The predicted molar refractivity (Wildman–Crippen MR) is 105 cm³/mol. The number of ether oxygens (including phenoxy) is 1. The van der Waals surface area contributed by atoms with Gasteiger partial charge in [0.1, 0.15) is 12.4 Å². The summed E-state index contributed by atoms with van der Waals surface area (Å²) in [7, 11) is 0. The molecule has 0 N–H and O–H groups in total. The summed E-state index contributed by atoms with van der Waals surface area (Å²) in [5.41, 5.74) is 4.16. The van der Waals surface area contributed by atoms with Crippen molar-refractivity contribution >= 4 is 29.0 Å². The Morgan fingerprint density at radius 3 is 2.58 bits per heavy atom. The predicted octanol–water partition coefficient (Wildman–Crippen LogP) is 4.73. The second kappa shape index (κ2) is 7.79. The van der Waals surface area contributed by atoms with Crippen LogP contribution in [0, 0.1) is 20.8 Å². The number of carbonyl (C=O) groups is 2. The summed E-state index contributed by atoms with van der Waals surface area (Å²) in [6.07, 6.45) is 1.78. The molecule has 5 heteroatoms. The Morgan fingerprint density at radius 2 is 1.81 bits per heavy atom. The molecule has 0 aliphatic carbocycles. The number of benzene rings is 2. The lowest BCUT2D eigenvalue weighted by Gasteiger charge is -2.14. The number of thioether (sulfide) groups is 1. The van der Waals surface area contributed by atoms with E-state index in [9.17, 15) is 9.59 Å². The van der Waals surface area contributed by atoms with Crippen LogP contribution in [0.4, 0.5) is 4.79 Å². The Kier molecular flexibility index (Phi) is 5.47. The van der Waals surface area contributed by atoms with E-state index in [0.717, 1.165) is 39.8 Å². The maximum Gasteiger partial charge on any atom is 0.293 e. The smallest absolute Gasteiger partial charge is 0.293 e. The van der Waals surface area contributed by atoms with Crippen LogP contribution in [0.25, 0.3) is 6.08 Å². The van der Waals surface area contributed by atoms with Gasteiger partial charge in [-0.25, -0.2) is 0 Å². The Balaban J connectivity index is 1.66. The summed E-state index contributed by atoms with van der Waals surface area (Å²) >= 11 is 0.980. The van der Waals surface area contributed by atoms with Crippen LogP contribution in [0.2, 0.25) is 0 Å². The zero-order chi connectivity index (χ0) is 18.7. The number of carbonyl (C=O) groups excluding carboxylic acids is 2. The van der Waals surface area contributed by atoms with Crippen molar-refractivity contribution < 1.29 is 14.3 Å². The number of imide groups is 1. The maximum atomic E-state index is 12.6. The van der Waals surface area contributed by atoms with E-state index in [1.165, 1.54) is 4.90 Å². The summed E-state index contributed by atoms with van der Waals surface area (Å²) in [6.45, 7) is 6.47. The summed E-state index contributed by atoms with van der Waals surface area (Å²) < 4.78 is 5.77. The van der Waals surface area contributed by atoms with E-state index < -0.39 is 0 Å². The van der Waals surface area contributed by atoms with Gasteiger partial charge in [0.15, 0.2) is 0 Å². The topological polar surface area (TPSA) is 46.6 Å². The van der Waals surface area contributed by atoms with E-state index in [1.54, 1.807) is 6.08 Å². The first-order chi connectivity index (χ1) is 12.5. The number of nitrogens with zero attached hydrogens (tertiary/aromatic N) is 1. The second-order valence-electron chi connectivity index (χ2n) is 6.31. The summed E-state index contributed by atoms with van der Waals surface area (Å²) in [6, 6.07) is 13.8. The third-order valence-corrected chi connectivity index (χ3v) is 5.17. The van der Waals surface area contributed by atoms with Crippen LogP contribution in [-0.2, 0) is 4.79 Å². The lowest BCUT2D eigenvalue weighted by atomic mass is 10.1. The van der Waals surface area contributed by atoms with Gasteiger partial charge in [0.25, 0.3) is 11.1 Å². The molecule has 1 fully saturated rings. The molecular weight excluding hydrogens is 346 g/mol. The number of hydrogen-bond acceptors (Lipinski definition) is 4. The van der Waals surface area contributed by atoms with Crippen molar-refractivity contribution in [2.45, 2.75) is 20.8 Å². The summed E-state index contributed by atoms with van der Waals surface area (Å²) in [5.74, 6) is 0.528. The normalized spacial score (nSPS) is 15.8. The molecule has 0 radical (unpaired) electrons. The van der Waals surface area contributed by atoms with Gasteiger partial charge in [-0.2, -0.15) is 0 Å². The van der Waals surface area contributed by atoms with Gasteiger partial charge in [0.05, 0.1) is 11.4 Å². The zero-order valence-corrected chi connectivity index (χ0v) is 15.9. The minimum absolute atomic E-state index is 0.239. The third-order valence-electron chi connectivity index (χ3n) is 4.26. The fourth-order valence-electron chi connectivity index (χ4n) is 2.69. The van der Waals surface area contributed by atoms with Crippen LogP contribution < -0.4 is 4.74 Å². The van der Waals surface area contributed by atoms with Gasteiger partial charge in [0, 0.05) is 0 Å². The first-order valence-electron chi connectivity index (χ1n) is 8.47. The van der Waals surface area contributed by atoms with Gasteiger partial charge in [-0.05, 0) is 66.9 Å². The SMILES string of the molecule is Cc1ccc(C)c(OCCN2C(=O)S/C(=C\c3ccccc3C)C2=O)c1. The van der Waals surface area contributed by atoms with E-state index >= 15 is 0 Å². The van der Waals surface area contributed by atoms with Crippen LogP contribution in [0.15, 0.2) is 47.4 Å². The Labute approximate surface area is 157 Å². The molecule has 0 bridgehead atoms. The van der Waals surface area contributed by atoms with E-state index in [4.69, 9.17) is 4.74 Å². The molecule has 1 aliphatic heterocycles. The quantitative estimate of drug-likeness (QED) is 0.717. The first kappa shape index (κ1) is 18.3. The molecule has 3 rings (SSSR count). The highest BCUT2D eigenvalue weighted by molar-refractivity contribution is 8.18. The van der Waals surface area contributed by atoms with Crippen LogP contribution >= 0.6 is 11.8 Å². The van der Waals surface area contributed by atoms with Crippen molar-refractivity contribution in [1.29, 1.82) is 0 Å². The lowest BCUT2D eigenvalue weighted by Crippen LogP contribution is -2.32. The molecule has 2 aromatic carbocycles. The zero-order valence-electron chi connectivity index (χ0n) is 15.1. The highest BCUT2D eigenvalue weighted by atomic mass is 32.2. The standard InChI is InChI=1S/C21H21NO3S/c1-14-8-9-16(3)18(12-14)25-11-10-22-20(23)19(26-21(22)24)13-17-7-5-4-6-15(17)2/h4-9,12-13H,10-11H2,1-3H3/b19-13-. The van der Waals surface area contributed by atoms with Crippen LogP contribution in [0.3, 0.4) is 0 Å². The van der Waals surface area contributed by atoms with E-state index in [0.29, 0.717) is 4.91 Å². The molecular formula is C21H21NO3S. The maximum absolute atomic E-state index is 12.6. The average Bonchev–Trinajstić information content (AvgIpc) is 2.87. The Morgan fingerprint density at radius 1 is 1.04 bits per heavy atom. The minimum Gasteiger partial charge on any atom is -0.491 e. The van der Waals surface area contributed by atoms with Gasteiger partial charge >= 0.3 is 0 Å². The molecule has 0 aromatic heterocycles. The Bertz CT molecular complexity index is 889. The molecule has 134 valence electrons. The van der Waals surface area contributed by atoms with E-state index in [2.05, 4.69) is 0 Å². The summed E-state index contributed by atoms with van der Waals surface area (Å²) in [4.78, 5) is 26.5. The average molecular weight is 367 g/mol. The largest absolute Gasteiger partial charge is 0.491 e. The second-order valence-corrected chi connectivity index (χ2v) is 7.30. The third kappa shape index (κ3) is 3.99. The van der Waals surface area contributed by atoms with Crippen molar-refractivity contribution in [2.75, 3.05) is 13.2 Å². The molecule has 1 saturated heterocycles. The first-order valence-corrected chi connectivity index (χ1v) is 9.28. The molecule has 0 spiro atoms. The summed E-state index contributed by atoms with van der Waals surface area (Å²) in [5, 5.41) is -0.251. The molecule has 0 atom stereocenters. The molecule has 2 amide bonds. The minimum atomic E-state index is -0.257. The number of hydrogen-bond donors (Lipinski definition) is 0. The van der Waals surface area contributed by atoms with Crippen molar-refractivity contribution in [3.8, 4) is 5.75 Å². The molecule has 26 heavy (non-hydrogen) atoms. The fraction of sp³-hybridized carbons (Fsp3) is 0.238. The number of aryl methyl sites for hydroxylation is 3. The number of amides is 2. The monoisotopic (exact) mass is 367 g/mol. The van der Waals surface area contributed by atoms with Crippen molar-refractivity contribution in [3.63, 3.8) is 0 Å². The van der Waals surface area contributed by atoms with Crippen molar-refractivity contribution in [3.05, 3.63) is 69.6 Å². The highest BCUT2D eigenvalue weighted by Crippen LogP contribution is 2.32. The van der Waals surface area contributed by atoms with Gasteiger partial charge in [0.2, 0.25) is 0 Å². The molecule has 2 aromatic rings. The molecule has 0 unspecified atom stereocenters. The molecule has 0 saturated carbocycles. The van der Waals surface area contributed by atoms with Crippen molar-refractivity contribution in [2.24, 2.45) is 0 Å². The van der Waals surface area contributed by atoms with Gasteiger partial charge in [-0.15, -0.1) is 0 Å². The van der Waals surface area contributed by atoms with Crippen LogP contribution in [0.5, 0.6) is 5.75 Å². The van der Waals surface area contributed by atoms with Crippen molar-refractivity contribution in [1.82, 2.24) is 4.90 Å². The van der Waals surface area contributed by atoms with Crippen LogP contribution in [0.1, 0.15) is 22.3 Å². The van der Waals surface area contributed by atoms with Gasteiger partial charge in [-0.3, -0.25) is 14.5 Å².